The van der Waals surface area contributed by atoms with Crippen LogP contribution in [0.3, 0.4) is 0 Å². The number of hydrogen-bond acceptors (Lipinski definition) is 4. The highest BCUT2D eigenvalue weighted by atomic mass is 35.5. The second kappa shape index (κ2) is 10.5. The smallest absolute Gasteiger partial charge is 0.277 e. The van der Waals surface area contributed by atoms with Crippen molar-refractivity contribution in [2.24, 2.45) is 5.10 Å². The molecule has 0 aliphatic carbocycles. The van der Waals surface area contributed by atoms with E-state index in [1.54, 1.807) is 31.2 Å². The van der Waals surface area contributed by atoms with Crippen LogP contribution in [0.2, 0.25) is 20.1 Å². The van der Waals surface area contributed by atoms with Crippen molar-refractivity contribution in [3.8, 4) is 5.75 Å². The molecule has 0 saturated heterocycles. The fourth-order valence-corrected chi connectivity index (χ4v) is 2.90. The molecule has 2 N–H and O–H groups in total. The Balaban J connectivity index is 1.80. The van der Waals surface area contributed by atoms with Crippen molar-refractivity contribution in [2.75, 3.05) is 11.9 Å². The molecule has 0 spiro atoms. The highest BCUT2D eigenvalue weighted by Crippen LogP contribution is 2.27. The van der Waals surface area contributed by atoms with Gasteiger partial charge in [-0.2, -0.15) is 5.10 Å². The third-order valence-corrected chi connectivity index (χ3v) is 4.32. The van der Waals surface area contributed by atoms with Gasteiger partial charge in [-0.25, -0.2) is 5.43 Å². The predicted molar refractivity (Wildman–Crippen MR) is 113 cm³/mol. The number of carbonyl (C=O) groups is 2. The largest absolute Gasteiger partial charge is 0.482 e. The van der Waals surface area contributed by atoms with E-state index in [0.29, 0.717) is 32.2 Å². The Bertz CT molecular complexity index is 919. The zero-order valence-corrected chi connectivity index (χ0v) is 17.6. The Kier molecular flexibility index (Phi) is 8.38. The van der Waals surface area contributed by atoms with Crippen LogP contribution in [-0.2, 0) is 9.59 Å². The van der Waals surface area contributed by atoms with E-state index in [4.69, 9.17) is 51.1 Å². The molecule has 0 aliphatic rings. The van der Waals surface area contributed by atoms with E-state index in [2.05, 4.69) is 15.8 Å². The molecule has 148 valence electrons. The molecule has 2 aromatic carbocycles. The third-order valence-electron chi connectivity index (χ3n) is 3.25. The molecule has 2 amide bonds. The van der Waals surface area contributed by atoms with Crippen LogP contribution in [0.5, 0.6) is 5.75 Å². The summed E-state index contributed by atoms with van der Waals surface area (Å²) in [6.45, 7) is 1.30. The van der Waals surface area contributed by atoms with Gasteiger partial charge in [0.15, 0.2) is 6.61 Å². The molecule has 0 radical (unpaired) electrons. The summed E-state index contributed by atoms with van der Waals surface area (Å²) in [7, 11) is 0. The summed E-state index contributed by atoms with van der Waals surface area (Å²) in [5.74, 6) is -0.531. The molecular weight excluding hydrogens is 448 g/mol. The number of carbonyl (C=O) groups excluding carboxylic acids is 2. The molecule has 0 saturated carbocycles. The number of hydrazone groups is 1. The Morgan fingerprint density at radius 3 is 2.25 bits per heavy atom. The summed E-state index contributed by atoms with van der Waals surface area (Å²) in [5, 5.41) is 8.03. The topological polar surface area (TPSA) is 79.8 Å². The number of rotatable bonds is 7. The van der Waals surface area contributed by atoms with Gasteiger partial charge in [0.1, 0.15) is 5.75 Å². The minimum absolute atomic E-state index is 0.0386. The summed E-state index contributed by atoms with van der Waals surface area (Å²) in [5.41, 5.74) is 3.12. The standard InChI is InChI=1S/C18H15Cl4N3O3/c1-10(6-17(26)23-15-4-2-11(19)7-13(15)21)24-25-18(27)9-28-16-5-3-12(20)8-14(16)22/h2-5,7-8H,6,9H2,1H3,(H,23,26)(H,25,27)/b24-10-. The first-order valence-electron chi connectivity index (χ1n) is 7.89. The molecule has 0 bridgehead atoms. The quantitative estimate of drug-likeness (QED) is 0.438. The molecule has 0 unspecified atom stereocenters. The molecule has 0 atom stereocenters. The van der Waals surface area contributed by atoms with Crippen LogP contribution in [-0.4, -0.2) is 24.1 Å². The fourth-order valence-electron chi connectivity index (χ4n) is 1.98. The SMILES string of the molecule is C/C(CC(=O)Nc1ccc(Cl)cc1Cl)=N/NC(=O)COc1ccc(Cl)cc1Cl. The van der Waals surface area contributed by atoms with Crippen molar-refractivity contribution in [1.82, 2.24) is 5.43 Å². The first kappa shape index (κ1) is 22.3. The first-order valence-corrected chi connectivity index (χ1v) is 9.40. The highest BCUT2D eigenvalue weighted by molar-refractivity contribution is 6.37. The van der Waals surface area contributed by atoms with E-state index in [9.17, 15) is 9.59 Å². The molecule has 0 aliphatic heterocycles. The van der Waals surface area contributed by atoms with E-state index in [1.807, 2.05) is 0 Å². The minimum atomic E-state index is -0.508. The van der Waals surface area contributed by atoms with Crippen LogP contribution in [0.25, 0.3) is 0 Å². The third kappa shape index (κ3) is 7.20. The van der Waals surface area contributed by atoms with Crippen molar-refractivity contribution < 1.29 is 14.3 Å². The van der Waals surface area contributed by atoms with Gasteiger partial charge in [-0.05, 0) is 43.3 Å². The van der Waals surface area contributed by atoms with Crippen molar-refractivity contribution >= 4 is 69.6 Å². The summed E-state index contributed by atoms with van der Waals surface area (Å²) >= 11 is 23.6. The number of amides is 2. The first-order chi connectivity index (χ1) is 13.2. The maximum Gasteiger partial charge on any atom is 0.277 e. The van der Waals surface area contributed by atoms with E-state index < -0.39 is 5.91 Å². The number of nitrogens with zero attached hydrogens (tertiary/aromatic N) is 1. The Hall–Kier alpha value is -1.99. The highest BCUT2D eigenvalue weighted by Gasteiger charge is 2.09. The maximum absolute atomic E-state index is 12.0. The van der Waals surface area contributed by atoms with Gasteiger partial charge in [0.05, 0.1) is 22.2 Å². The van der Waals surface area contributed by atoms with Gasteiger partial charge in [0.25, 0.3) is 5.91 Å². The van der Waals surface area contributed by atoms with Gasteiger partial charge < -0.3 is 10.1 Å². The van der Waals surface area contributed by atoms with E-state index in [0.717, 1.165) is 0 Å². The van der Waals surface area contributed by atoms with E-state index in [1.165, 1.54) is 12.1 Å². The maximum atomic E-state index is 12.0. The molecule has 2 aromatic rings. The number of hydrogen-bond donors (Lipinski definition) is 2. The summed E-state index contributed by atoms with van der Waals surface area (Å²) in [6, 6.07) is 9.37. The molecule has 2 rings (SSSR count). The Morgan fingerprint density at radius 1 is 0.964 bits per heavy atom. The number of nitrogens with one attached hydrogen (secondary N) is 2. The van der Waals surface area contributed by atoms with Crippen molar-refractivity contribution in [1.29, 1.82) is 0 Å². The summed E-state index contributed by atoms with van der Waals surface area (Å²) < 4.78 is 5.29. The van der Waals surface area contributed by atoms with E-state index in [-0.39, 0.29) is 24.0 Å². The number of benzene rings is 2. The van der Waals surface area contributed by atoms with Crippen LogP contribution in [0.15, 0.2) is 41.5 Å². The average Bonchev–Trinajstić information content (AvgIpc) is 2.61. The average molecular weight is 463 g/mol. The van der Waals surface area contributed by atoms with Gasteiger partial charge in [-0.3, -0.25) is 9.59 Å². The zero-order chi connectivity index (χ0) is 20.7. The van der Waals surface area contributed by atoms with Crippen LogP contribution >= 0.6 is 46.4 Å². The molecule has 0 aromatic heterocycles. The van der Waals surface area contributed by atoms with Gasteiger partial charge in [-0.1, -0.05) is 46.4 Å². The lowest BCUT2D eigenvalue weighted by Crippen LogP contribution is -2.26. The second-order valence-electron chi connectivity index (χ2n) is 5.59. The molecule has 10 heteroatoms. The molecule has 6 nitrogen and oxygen atoms in total. The lowest BCUT2D eigenvalue weighted by molar-refractivity contribution is -0.123. The number of anilines is 1. The Labute approximate surface area is 181 Å². The normalized spacial score (nSPS) is 11.1. The molecule has 28 heavy (non-hydrogen) atoms. The lowest BCUT2D eigenvalue weighted by Gasteiger charge is -2.08. The van der Waals surface area contributed by atoms with Gasteiger partial charge in [0.2, 0.25) is 5.91 Å². The summed E-state index contributed by atoms with van der Waals surface area (Å²) in [4.78, 5) is 23.8. The molecule has 0 heterocycles. The van der Waals surface area contributed by atoms with Crippen LogP contribution in [0.4, 0.5) is 5.69 Å². The van der Waals surface area contributed by atoms with Crippen molar-refractivity contribution in [2.45, 2.75) is 13.3 Å². The van der Waals surface area contributed by atoms with Gasteiger partial charge >= 0.3 is 0 Å². The van der Waals surface area contributed by atoms with Crippen LogP contribution in [0.1, 0.15) is 13.3 Å². The molecular formula is C18H15Cl4N3O3. The van der Waals surface area contributed by atoms with E-state index >= 15 is 0 Å². The van der Waals surface area contributed by atoms with Gasteiger partial charge in [-0.15, -0.1) is 0 Å². The second-order valence-corrected chi connectivity index (χ2v) is 7.28. The van der Waals surface area contributed by atoms with Crippen molar-refractivity contribution in [3.05, 3.63) is 56.5 Å². The predicted octanol–water partition coefficient (Wildman–Crippen LogP) is 5.20. The monoisotopic (exact) mass is 461 g/mol. The fraction of sp³-hybridized carbons (Fsp3) is 0.167. The minimum Gasteiger partial charge on any atom is -0.482 e. The van der Waals surface area contributed by atoms with Crippen LogP contribution in [0, 0.1) is 0 Å². The van der Waals surface area contributed by atoms with Gasteiger partial charge in [0, 0.05) is 15.8 Å². The Morgan fingerprint density at radius 2 is 1.61 bits per heavy atom. The summed E-state index contributed by atoms with van der Waals surface area (Å²) in [6.07, 6.45) is -0.0386. The van der Waals surface area contributed by atoms with Crippen molar-refractivity contribution in [3.63, 3.8) is 0 Å². The number of halogens is 4. The lowest BCUT2D eigenvalue weighted by atomic mass is 10.2. The molecule has 0 fully saturated rings. The zero-order valence-electron chi connectivity index (χ0n) is 14.6. The van der Waals surface area contributed by atoms with Crippen LogP contribution < -0.4 is 15.5 Å². The number of ether oxygens (including phenoxy) is 1.